The van der Waals surface area contributed by atoms with Gasteiger partial charge in [0.05, 0.1) is 5.41 Å². The Kier molecular flexibility index (Phi) is 6.37. The molecule has 0 aromatic heterocycles. The smallest absolute Gasteiger partial charge is 0.462 e. The van der Waals surface area contributed by atoms with Crippen molar-refractivity contribution in [3.63, 3.8) is 0 Å². The fourth-order valence-corrected chi connectivity index (χ4v) is 4.35. The Bertz CT molecular complexity index is 687. The number of carbonyl (C=O) groups excluding carboxylic acids is 2. The molecule has 4 atom stereocenters. The summed E-state index contributed by atoms with van der Waals surface area (Å²) in [6.07, 6.45) is -15.4. The summed E-state index contributed by atoms with van der Waals surface area (Å²) in [5.74, 6) is -4.42. The van der Waals surface area contributed by atoms with Gasteiger partial charge < -0.3 is 14.2 Å². The zero-order valence-corrected chi connectivity index (χ0v) is 18.2. The number of carbonyl (C=O) groups is 2. The van der Waals surface area contributed by atoms with Crippen LogP contribution in [0, 0.1) is 23.2 Å². The van der Waals surface area contributed by atoms with Crippen LogP contribution < -0.4 is 0 Å². The Labute approximate surface area is 176 Å². The van der Waals surface area contributed by atoms with Crippen LogP contribution in [0.3, 0.4) is 0 Å². The molecule has 180 valence electrons. The monoisotopic (exact) mass is 462 g/mol. The number of ether oxygens (including phenoxy) is 3. The summed E-state index contributed by atoms with van der Waals surface area (Å²) in [6, 6.07) is 0. The number of esters is 1. The van der Waals surface area contributed by atoms with Crippen LogP contribution in [-0.2, 0) is 19.0 Å². The number of hydrogen-bond acceptors (Lipinski definition) is 5. The summed E-state index contributed by atoms with van der Waals surface area (Å²) >= 11 is 0. The maximum atomic E-state index is 14.0. The Morgan fingerprint density at radius 3 is 1.61 bits per heavy atom. The second-order valence-corrected chi connectivity index (χ2v) is 10.3. The lowest BCUT2D eigenvalue weighted by atomic mass is 9.74. The quantitative estimate of drug-likeness (QED) is 0.392. The molecule has 11 heteroatoms. The minimum absolute atomic E-state index is 0.0122. The van der Waals surface area contributed by atoms with Crippen molar-refractivity contribution >= 4 is 12.1 Å². The van der Waals surface area contributed by atoms with E-state index in [1.54, 1.807) is 20.8 Å². The van der Waals surface area contributed by atoms with Gasteiger partial charge in [-0.3, -0.25) is 4.79 Å². The van der Waals surface area contributed by atoms with Gasteiger partial charge in [-0.15, -0.1) is 0 Å². The van der Waals surface area contributed by atoms with E-state index in [2.05, 4.69) is 9.47 Å². The largest absolute Gasteiger partial charge is 0.510 e. The molecule has 0 heterocycles. The van der Waals surface area contributed by atoms with Crippen molar-refractivity contribution in [2.75, 3.05) is 0 Å². The first kappa shape index (κ1) is 25.6. The van der Waals surface area contributed by atoms with Crippen molar-refractivity contribution < 1.29 is 50.1 Å². The molecule has 2 bridgehead atoms. The molecule has 0 amide bonds. The minimum Gasteiger partial charge on any atom is -0.462 e. The molecular formula is C20H28F6O5. The predicted octanol–water partition coefficient (Wildman–Crippen LogP) is 5.81. The van der Waals surface area contributed by atoms with Gasteiger partial charge in [-0.25, -0.2) is 4.79 Å². The predicted molar refractivity (Wildman–Crippen MR) is 95.8 cm³/mol. The van der Waals surface area contributed by atoms with Gasteiger partial charge in [0.25, 0.3) is 0 Å². The van der Waals surface area contributed by atoms with E-state index >= 15 is 0 Å². The summed E-state index contributed by atoms with van der Waals surface area (Å²) in [5, 5.41) is 0. The summed E-state index contributed by atoms with van der Waals surface area (Å²) in [4.78, 5) is 24.0. The minimum atomic E-state index is -5.92. The van der Waals surface area contributed by atoms with Crippen LogP contribution in [0.5, 0.6) is 0 Å². The van der Waals surface area contributed by atoms with Crippen molar-refractivity contribution in [3.8, 4) is 0 Å². The molecule has 0 aliphatic heterocycles. The molecule has 5 nitrogen and oxygen atoms in total. The number of fused-ring (bicyclic) bond motifs is 2. The van der Waals surface area contributed by atoms with Crippen LogP contribution >= 0.6 is 0 Å². The van der Waals surface area contributed by atoms with Gasteiger partial charge in [0.1, 0.15) is 11.7 Å². The zero-order chi connectivity index (χ0) is 24.2. The molecule has 0 aromatic carbocycles. The number of rotatable bonds is 3. The van der Waals surface area contributed by atoms with Gasteiger partial charge in [-0.2, -0.15) is 26.3 Å². The number of halogens is 6. The highest BCUT2D eigenvalue weighted by atomic mass is 19.4. The summed E-state index contributed by atoms with van der Waals surface area (Å²) in [6.45, 7) is 8.67. The van der Waals surface area contributed by atoms with Crippen molar-refractivity contribution in [1.82, 2.24) is 0 Å². The van der Waals surface area contributed by atoms with Crippen molar-refractivity contribution in [3.05, 3.63) is 0 Å². The summed E-state index contributed by atoms with van der Waals surface area (Å²) in [5.41, 5.74) is -6.91. The SMILES string of the molecule is CC(C)(C)OC(=O)OC(C1CC2CC1CC2OC(=O)C(C)(C)C)(C(F)(F)F)C(F)(F)F. The molecule has 2 aliphatic carbocycles. The summed E-state index contributed by atoms with van der Waals surface area (Å²) < 4.78 is 97.9. The van der Waals surface area contributed by atoms with Gasteiger partial charge in [-0.05, 0) is 72.6 Å². The van der Waals surface area contributed by atoms with E-state index in [0.717, 1.165) is 0 Å². The Balaban J connectivity index is 2.34. The first-order valence-electron chi connectivity index (χ1n) is 9.95. The maximum absolute atomic E-state index is 14.0. The third kappa shape index (κ3) is 5.05. The van der Waals surface area contributed by atoms with Crippen LogP contribution in [0.1, 0.15) is 60.8 Å². The maximum Gasteiger partial charge on any atom is 0.510 e. The Morgan fingerprint density at radius 1 is 0.742 bits per heavy atom. The van der Waals surface area contributed by atoms with Gasteiger partial charge in [0, 0.05) is 5.92 Å². The molecule has 31 heavy (non-hydrogen) atoms. The molecule has 0 radical (unpaired) electrons. The van der Waals surface area contributed by atoms with Crippen LogP contribution in [-0.4, -0.2) is 41.8 Å². The van der Waals surface area contributed by atoms with Gasteiger partial charge in [0.15, 0.2) is 0 Å². The first-order chi connectivity index (χ1) is 13.7. The average molecular weight is 462 g/mol. The highest BCUT2D eigenvalue weighted by molar-refractivity contribution is 5.75. The van der Waals surface area contributed by atoms with Crippen molar-refractivity contribution in [2.45, 2.75) is 90.5 Å². The summed E-state index contributed by atoms with van der Waals surface area (Å²) in [7, 11) is 0. The molecule has 0 spiro atoms. The second kappa shape index (κ2) is 7.72. The van der Waals surface area contributed by atoms with E-state index in [1.807, 2.05) is 0 Å². The standard InChI is InChI=1S/C20H28F6O5/c1-16(2,3)14(27)29-13-9-10-7-11(13)8-12(10)18(19(21,22)23,20(24,25)26)31-15(28)30-17(4,5)6/h10-13H,7-9H2,1-6H3. The lowest BCUT2D eigenvalue weighted by Gasteiger charge is -2.44. The van der Waals surface area contributed by atoms with Crippen LogP contribution in [0.2, 0.25) is 0 Å². The van der Waals surface area contributed by atoms with Crippen LogP contribution in [0.15, 0.2) is 0 Å². The average Bonchev–Trinajstić information content (AvgIpc) is 3.07. The normalized spacial score (nSPS) is 27.2. The molecule has 4 unspecified atom stereocenters. The first-order valence-corrected chi connectivity index (χ1v) is 9.95. The molecule has 2 saturated carbocycles. The molecule has 0 aromatic rings. The molecule has 2 rings (SSSR count). The molecule has 2 aliphatic rings. The second-order valence-electron chi connectivity index (χ2n) is 10.3. The van der Waals surface area contributed by atoms with Gasteiger partial charge in [0.2, 0.25) is 0 Å². The van der Waals surface area contributed by atoms with Gasteiger partial charge >= 0.3 is 30.1 Å². The lowest BCUT2D eigenvalue weighted by Crippen LogP contribution is -2.65. The van der Waals surface area contributed by atoms with Gasteiger partial charge in [-0.1, -0.05) is 0 Å². The Morgan fingerprint density at radius 2 is 1.26 bits per heavy atom. The van der Waals surface area contributed by atoms with E-state index in [0.29, 0.717) is 0 Å². The van der Waals surface area contributed by atoms with Crippen molar-refractivity contribution in [1.29, 1.82) is 0 Å². The Hall–Kier alpha value is -1.68. The topological polar surface area (TPSA) is 61.8 Å². The third-order valence-electron chi connectivity index (χ3n) is 5.66. The third-order valence-corrected chi connectivity index (χ3v) is 5.66. The van der Waals surface area contributed by atoms with Crippen LogP contribution in [0.4, 0.5) is 31.1 Å². The van der Waals surface area contributed by atoms with E-state index in [9.17, 15) is 35.9 Å². The van der Waals surface area contributed by atoms with Crippen molar-refractivity contribution in [2.24, 2.45) is 23.2 Å². The zero-order valence-electron chi connectivity index (χ0n) is 18.2. The lowest BCUT2D eigenvalue weighted by molar-refractivity contribution is -0.390. The van der Waals surface area contributed by atoms with E-state index in [1.165, 1.54) is 20.8 Å². The molecular weight excluding hydrogens is 434 g/mol. The highest BCUT2D eigenvalue weighted by Crippen LogP contribution is 2.62. The van der Waals surface area contributed by atoms with E-state index in [-0.39, 0.29) is 12.8 Å². The number of hydrogen-bond donors (Lipinski definition) is 0. The fourth-order valence-electron chi connectivity index (χ4n) is 4.35. The fraction of sp³-hybridized carbons (Fsp3) is 0.900. The van der Waals surface area contributed by atoms with E-state index < -0.39 is 71.4 Å². The molecule has 0 N–H and O–H groups in total. The number of alkyl halides is 6. The highest BCUT2D eigenvalue weighted by Gasteiger charge is 2.80. The molecule has 2 fully saturated rings. The molecule has 0 saturated heterocycles. The van der Waals surface area contributed by atoms with E-state index in [4.69, 9.17) is 4.74 Å². The van der Waals surface area contributed by atoms with Crippen LogP contribution in [0.25, 0.3) is 0 Å².